The summed E-state index contributed by atoms with van der Waals surface area (Å²) < 4.78 is 28.9. The Labute approximate surface area is 207 Å². The van der Waals surface area contributed by atoms with Crippen molar-refractivity contribution in [1.82, 2.24) is 0 Å². The fraction of sp³-hybridized carbons (Fsp3) is 0.278. The summed E-state index contributed by atoms with van der Waals surface area (Å²) in [5.74, 6) is -0.937. The van der Waals surface area contributed by atoms with Gasteiger partial charge >= 0.3 is 49.1 Å². The number of rotatable bonds is 7. The van der Waals surface area contributed by atoms with Gasteiger partial charge in [-0.2, -0.15) is 22.7 Å². The standard InChI is InChI=1S/C8H8O2S.C5H11O5P.C5H4OS.Na.H/c1-10-8(9)3-2-7-4-5-11-6-7;1-8-5(6)4-11(7,9-2)10-3;6-3-5-1-2-7-4-5;;/h2-6H,1H3;4H2,1-3H3;1-4H;;/q;;;+1;-1/b3-2+;;;;. The maximum Gasteiger partial charge on any atom is 1.00 e. The minimum Gasteiger partial charge on any atom is -1.00 e. The summed E-state index contributed by atoms with van der Waals surface area (Å²) in [4.78, 5) is 31.1. The Balaban J connectivity index is -0.000000376. The van der Waals surface area contributed by atoms with Gasteiger partial charge in [0.05, 0.1) is 14.2 Å². The molecule has 0 saturated heterocycles. The second kappa shape index (κ2) is 18.7. The Morgan fingerprint density at radius 3 is 1.87 bits per heavy atom. The number of thiophene rings is 2. The molecule has 30 heavy (non-hydrogen) atoms. The Morgan fingerprint density at radius 1 is 1.00 bits per heavy atom. The van der Waals surface area contributed by atoms with Gasteiger partial charge in [-0.05, 0) is 39.9 Å². The number of hydrogen-bond donors (Lipinski definition) is 0. The van der Waals surface area contributed by atoms with Crippen LogP contribution in [-0.4, -0.2) is 52.8 Å². The van der Waals surface area contributed by atoms with Gasteiger partial charge < -0.3 is 19.9 Å². The zero-order valence-corrected chi connectivity index (χ0v) is 22.0. The Bertz CT molecular complexity index is 790. The van der Waals surface area contributed by atoms with E-state index in [9.17, 15) is 18.9 Å². The molecule has 0 N–H and O–H groups in total. The largest absolute Gasteiger partial charge is 1.00 e. The van der Waals surface area contributed by atoms with Crippen LogP contribution in [0, 0.1) is 0 Å². The van der Waals surface area contributed by atoms with Crippen LogP contribution in [0.15, 0.2) is 39.7 Å². The van der Waals surface area contributed by atoms with Gasteiger partial charge in [0.25, 0.3) is 0 Å². The minimum atomic E-state index is -3.23. The van der Waals surface area contributed by atoms with Gasteiger partial charge in [0.15, 0.2) is 6.29 Å². The van der Waals surface area contributed by atoms with Crippen molar-refractivity contribution >= 4 is 54.6 Å². The number of aldehydes is 1. The normalized spacial score (nSPS) is 9.87. The summed E-state index contributed by atoms with van der Waals surface area (Å²) in [5, 5.41) is 7.60. The van der Waals surface area contributed by atoms with Crippen LogP contribution in [0.3, 0.4) is 0 Å². The van der Waals surface area contributed by atoms with Crippen LogP contribution in [0.5, 0.6) is 0 Å². The van der Waals surface area contributed by atoms with E-state index < -0.39 is 13.6 Å². The first-order valence-electron chi connectivity index (χ1n) is 7.87. The molecule has 0 aromatic carbocycles. The van der Waals surface area contributed by atoms with Crippen LogP contribution in [0.4, 0.5) is 0 Å². The van der Waals surface area contributed by atoms with Crippen molar-refractivity contribution < 1.29 is 68.5 Å². The van der Waals surface area contributed by atoms with Crippen LogP contribution < -0.4 is 29.6 Å². The van der Waals surface area contributed by atoms with E-state index in [1.54, 1.807) is 23.5 Å². The fourth-order valence-corrected chi connectivity index (χ4v) is 3.46. The number of ether oxygens (including phenoxy) is 2. The summed E-state index contributed by atoms with van der Waals surface area (Å²) in [6.45, 7) is 0. The first-order valence-corrected chi connectivity index (χ1v) is 11.5. The zero-order valence-electron chi connectivity index (χ0n) is 18.4. The smallest absolute Gasteiger partial charge is 1.00 e. The van der Waals surface area contributed by atoms with Crippen molar-refractivity contribution in [3.05, 3.63) is 50.9 Å². The predicted molar refractivity (Wildman–Crippen MR) is 115 cm³/mol. The summed E-state index contributed by atoms with van der Waals surface area (Å²) in [7, 11) is 1.77. The van der Waals surface area contributed by atoms with Gasteiger partial charge in [0.1, 0.15) is 6.16 Å². The van der Waals surface area contributed by atoms with Gasteiger partial charge in [-0.25, -0.2) is 4.79 Å². The number of hydrogen-bond acceptors (Lipinski definition) is 10. The molecule has 0 radical (unpaired) electrons. The monoisotopic (exact) mass is 486 g/mol. The van der Waals surface area contributed by atoms with Crippen LogP contribution in [0.1, 0.15) is 17.3 Å². The molecule has 0 spiro atoms. The average Bonchev–Trinajstić information content (AvgIpc) is 3.46. The summed E-state index contributed by atoms with van der Waals surface area (Å²) in [6, 6.07) is 3.72. The van der Waals surface area contributed by atoms with Crippen LogP contribution in [0.25, 0.3) is 6.08 Å². The molecule has 0 aliphatic carbocycles. The maximum absolute atomic E-state index is 11.2. The van der Waals surface area contributed by atoms with E-state index >= 15 is 0 Å². The van der Waals surface area contributed by atoms with Crippen molar-refractivity contribution in [2.45, 2.75) is 0 Å². The SMILES string of the molecule is COC(=O)/C=C/c1ccsc1.COC(=O)CP(=O)(OC)OC.O=Cc1ccsc1.[H-].[Na+]. The van der Waals surface area contributed by atoms with Crippen molar-refractivity contribution in [3.8, 4) is 0 Å². The number of esters is 2. The fourth-order valence-electron chi connectivity index (χ4n) is 1.37. The molecule has 0 aliphatic rings. The van der Waals surface area contributed by atoms with Crippen molar-refractivity contribution in [1.29, 1.82) is 0 Å². The van der Waals surface area contributed by atoms with E-state index in [1.165, 1.54) is 45.9 Å². The third kappa shape index (κ3) is 14.8. The molecule has 0 atom stereocenters. The molecule has 0 fully saturated rings. The minimum absolute atomic E-state index is 0. The molecule has 0 unspecified atom stereocenters. The Hall–Kier alpha value is -1.10. The van der Waals surface area contributed by atoms with Crippen LogP contribution in [-0.2, 0) is 32.7 Å². The Morgan fingerprint density at radius 2 is 1.53 bits per heavy atom. The van der Waals surface area contributed by atoms with E-state index in [1.807, 2.05) is 27.6 Å². The topological polar surface area (TPSA) is 105 Å². The second-order valence-electron chi connectivity index (χ2n) is 4.80. The first-order chi connectivity index (χ1) is 13.8. The van der Waals surface area contributed by atoms with E-state index in [-0.39, 0.29) is 43.1 Å². The molecule has 2 aromatic rings. The summed E-state index contributed by atoms with van der Waals surface area (Å²) >= 11 is 3.13. The molecular weight excluding hydrogens is 462 g/mol. The third-order valence-corrected chi connectivity index (χ3v) is 6.10. The van der Waals surface area contributed by atoms with E-state index in [0.717, 1.165) is 17.4 Å². The Kier molecular flexibility index (Phi) is 19.3. The molecule has 0 bridgehead atoms. The van der Waals surface area contributed by atoms with E-state index in [0.29, 0.717) is 0 Å². The van der Waals surface area contributed by atoms with Gasteiger partial charge in [-0.15, -0.1) is 0 Å². The molecular formula is C18H24NaO8PS2. The number of carbonyl (C=O) groups is 3. The molecule has 2 heterocycles. The molecule has 2 aromatic heterocycles. The summed E-state index contributed by atoms with van der Waals surface area (Å²) in [6.07, 6.45) is 3.62. The molecule has 0 amide bonds. The third-order valence-electron chi connectivity index (χ3n) is 2.94. The van der Waals surface area contributed by atoms with E-state index in [2.05, 4.69) is 18.5 Å². The molecule has 0 saturated carbocycles. The van der Waals surface area contributed by atoms with Gasteiger partial charge in [0.2, 0.25) is 0 Å². The zero-order chi connectivity index (χ0) is 22.1. The first kappa shape index (κ1) is 31.1. The average molecular weight is 486 g/mol. The molecule has 2 rings (SSSR count). The van der Waals surface area contributed by atoms with Crippen molar-refractivity contribution in [2.75, 3.05) is 34.6 Å². The molecule has 0 aliphatic heterocycles. The van der Waals surface area contributed by atoms with Crippen LogP contribution in [0.2, 0.25) is 0 Å². The number of carbonyl (C=O) groups excluding carboxylic acids is 3. The van der Waals surface area contributed by atoms with E-state index in [4.69, 9.17) is 0 Å². The maximum atomic E-state index is 11.2. The second-order valence-corrected chi connectivity index (χ2v) is 8.63. The van der Waals surface area contributed by atoms with Gasteiger partial charge in [-0.1, -0.05) is 0 Å². The van der Waals surface area contributed by atoms with Crippen molar-refractivity contribution in [3.63, 3.8) is 0 Å². The molecule has 162 valence electrons. The van der Waals surface area contributed by atoms with Gasteiger partial charge in [0, 0.05) is 31.2 Å². The van der Waals surface area contributed by atoms with Crippen molar-refractivity contribution in [2.24, 2.45) is 0 Å². The summed E-state index contributed by atoms with van der Waals surface area (Å²) in [5.41, 5.74) is 1.80. The molecule has 12 heteroatoms. The quantitative estimate of drug-likeness (QED) is 0.189. The van der Waals surface area contributed by atoms with Crippen LogP contribution >= 0.6 is 30.3 Å². The molecule has 8 nitrogen and oxygen atoms in total. The number of methoxy groups -OCH3 is 2. The van der Waals surface area contributed by atoms with Gasteiger partial charge in [-0.3, -0.25) is 14.2 Å². The predicted octanol–water partition coefficient (Wildman–Crippen LogP) is 1.26.